The Morgan fingerprint density at radius 3 is 2.76 bits per heavy atom. The number of hydrogen-bond acceptors (Lipinski definition) is 3. The zero-order chi connectivity index (χ0) is 15.0. The van der Waals surface area contributed by atoms with Crippen molar-refractivity contribution < 1.29 is 18.7 Å². The van der Waals surface area contributed by atoms with Gasteiger partial charge in [-0.05, 0) is 35.4 Å². The lowest BCUT2D eigenvalue weighted by Gasteiger charge is -2.11. The summed E-state index contributed by atoms with van der Waals surface area (Å²) in [6.45, 7) is 1.31. The Morgan fingerprint density at radius 2 is 2.05 bits per heavy atom. The van der Waals surface area contributed by atoms with Crippen LogP contribution in [0.25, 0.3) is 0 Å². The maximum absolute atomic E-state index is 13.4. The van der Waals surface area contributed by atoms with Gasteiger partial charge in [-0.3, -0.25) is 9.59 Å². The molecule has 2 aromatic carbocycles. The van der Waals surface area contributed by atoms with Crippen molar-refractivity contribution >= 4 is 11.8 Å². The van der Waals surface area contributed by atoms with E-state index in [4.69, 9.17) is 4.74 Å². The molecule has 106 valence electrons. The molecule has 0 heterocycles. The molecule has 0 saturated carbocycles. The van der Waals surface area contributed by atoms with Gasteiger partial charge in [-0.1, -0.05) is 18.2 Å². The van der Waals surface area contributed by atoms with Gasteiger partial charge in [-0.15, -0.1) is 0 Å². The van der Waals surface area contributed by atoms with Crippen LogP contribution in [0, 0.1) is 5.82 Å². The van der Waals surface area contributed by atoms with Crippen LogP contribution < -0.4 is 4.74 Å². The van der Waals surface area contributed by atoms with Gasteiger partial charge in [0, 0.05) is 24.8 Å². The number of carbonyl (C=O) groups is 2. The average Bonchev–Trinajstić information content (AvgIpc) is 2.75. The van der Waals surface area contributed by atoms with Gasteiger partial charge in [0.1, 0.15) is 11.6 Å². The summed E-state index contributed by atoms with van der Waals surface area (Å²) in [5.41, 5.74) is 2.17. The highest BCUT2D eigenvalue weighted by Gasteiger charge is 2.31. The van der Waals surface area contributed by atoms with E-state index < -0.39 is 5.97 Å². The summed E-state index contributed by atoms with van der Waals surface area (Å²) in [6, 6.07) is 11.3. The van der Waals surface area contributed by atoms with E-state index in [0.29, 0.717) is 17.7 Å². The van der Waals surface area contributed by atoms with Crippen LogP contribution in [-0.2, 0) is 4.79 Å². The summed E-state index contributed by atoms with van der Waals surface area (Å²) >= 11 is 0. The van der Waals surface area contributed by atoms with Crippen LogP contribution in [0.2, 0.25) is 0 Å². The lowest BCUT2D eigenvalue weighted by Crippen LogP contribution is -2.02. The summed E-state index contributed by atoms with van der Waals surface area (Å²) < 4.78 is 18.4. The molecule has 4 heteroatoms. The second-order valence-corrected chi connectivity index (χ2v) is 5.08. The molecule has 0 radical (unpaired) electrons. The van der Waals surface area contributed by atoms with Crippen molar-refractivity contribution in [3.63, 3.8) is 0 Å². The highest BCUT2D eigenvalue weighted by atomic mass is 19.1. The fraction of sp³-hybridized carbons (Fsp3) is 0.176. The maximum Gasteiger partial charge on any atom is 0.308 e. The Labute approximate surface area is 121 Å². The fourth-order valence-electron chi connectivity index (χ4n) is 2.74. The lowest BCUT2D eigenvalue weighted by molar-refractivity contribution is -0.131. The molecule has 0 N–H and O–H groups in total. The van der Waals surface area contributed by atoms with Gasteiger partial charge >= 0.3 is 5.97 Å². The van der Waals surface area contributed by atoms with E-state index in [-0.39, 0.29) is 17.5 Å². The molecule has 1 aliphatic rings. The molecule has 0 aliphatic heterocycles. The van der Waals surface area contributed by atoms with Gasteiger partial charge in [0.2, 0.25) is 0 Å². The highest BCUT2D eigenvalue weighted by Crippen LogP contribution is 2.39. The van der Waals surface area contributed by atoms with Crippen LogP contribution in [0.5, 0.6) is 5.75 Å². The summed E-state index contributed by atoms with van der Waals surface area (Å²) in [5, 5.41) is 0. The summed E-state index contributed by atoms with van der Waals surface area (Å²) in [6.07, 6.45) is 0.308. The highest BCUT2D eigenvalue weighted by molar-refractivity contribution is 6.02. The van der Waals surface area contributed by atoms with Crippen molar-refractivity contribution in [1.29, 1.82) is 0 Å². The molecule has 0 bridgehead atoms. The summed E-state index contributed by atoms with van der Waals surface area (Å²) in [7, 11) is 0. The van der Waals surface area contributed by atoms with E-state index in [1.54, 1.807) is 24.3 Å². The van der Waals surface area contributed by atoms with E-state index in [0.717, 1.165) is 11.1 Å². The van der Waals surface area contributed by atoms with E-state index >= 15 is 0 Å². The molecule has 2 aromatic rings. The third-order valence-electron chi connectivity index (χ3n) is 3.60. The van der Waals surface area contributed by atoms with Crippen molar-refractivity contribution in [2.45, 2.75) is 19.3 Å². The lowest BCUT2D eigenvalue weighted by atomic mass is 9.93. The van der Waals surface area contributed by atoms with Crippen molar-refractivity contribution in [1.82, 2.24) is 0 Å². The van der Waals surface area contributed by atoms with Crippen LogP contribution >= 0.6 is 0 Å². The SMILES string of the molecule is CC(=O)Oc1ccc2c(c1)C(=O)CC2c1cccc(F)c1. The first-order valence-corrected chi connectivity index (χ1v) is 6.65. The second kappa shape index (κ2) is 5.13. The molecule has 3 nitrogen and oxygen atoms in total. The molecule has 0 fully saturated rings. The fourth-order valence-corrected chi connectivity index (χ4v) is 2.74. The standard InChI is InChI=1S/C17H13FO3/c1-10(19)21-13-5-6-14-15(9-17(20)16(14)8-13)11-3-2-4-12(18)7-11/h2-8,15H,9H2,1H3. The Kier molecular flexibility index (Phi) is 3.29. The molecule has 0 aromatic heterocycles. The number of hydrogen-bond donors (Lipinski definition) is 0. The summed E-state index contributed by atoms with van der Waals surface area (Å²) in [4.78, 5) is 23.1. The van der Waals surface area contributed by atoms with Crippen LogP contribution in [0.1, 0.15) is 40.7 Å². The molecule has 0 saturated heterocycles. The van der Waals surface area contributed by atoms with Gasteiger partial charge in [0.05, 0.1) is 0 Å². The minimum Gasteiger partial charge on any atom is -0.427 e. The zero-order valence-corrected chi connectivity index (χ0v) is 11.4. The summed E-state index contributed by atoms with van der Waals surface area (Å²) in [5.74, 6) is -0.552. The first-order chi connectivity index (χ1) is 10.0. The molecule has 1 atom stereocenters. The van der Waals surface area contributed by atoms with Crippen molar-refractivity contribution in [2.75, 3.05) is 0 Å². The van der Waals surface area contributed by atoms with Crippen LogP contribution in [0.4, 0.5) is 4.39 Å². The number of benzene rings is 2. The van der Waals surface area contributed by atoms with E-state index in [2.05, 4.69) is 0 Å². The number of Topliss-reactive ketones (excluding diaryl/α,β-unsaturated/α-hetero) is 1. The van der Waals surface area contributed by atoms with Gasteiger partial charge in [0.15, 0.2) is 5.78 Å². The smallest absolute Gasteiger partial charge is 0.308 e. The van der Waals surface area contributed by atoms with Crippen molar-refractivity contribution in [2.24, 2.45) is 0 Å². The van der Waals surface area contributed by atoms with Crippen molar-refractivity contribution in [3.05, 3.63) is 65.0 Å². The molecular weight excluding hydrogens is 271 g/mol. The number of fused-ring (bicyclic) bond motifs is 1. The van der Waals surface area contributed by atoms with Gasteiger partial charge in [-0.25, -0.2) is 4.39 Å². The topological polar surface area (TPSA) is 43.4 Å². The van der Waals surface area contributed by atoms with E-state index in [1.807, 2.05) is 6.07 Å². The van der Waals surface area contributed by atoms with Crippen LogP contribution in [0.3, 0.4) is 0 Å². The first-order valence-electron chi connectivity index (χ1n) is 6.65. The molecule has 0 amide bonds. The molecule has 0 spiro atoms. The van der Waals surface area contributed by atoms with Gasteiger partial charge < -0.3 is 4.74 Å². The quantitative estimate of drug-likeness (QED) is 0.626. The third-order valence-corrected chi connectivity index (χ3v) is 3.60. The Hall–Kier alpha value is -2.49. The number of rotatable bonds is 2. The third kappa shape index (κ3) is 2.57. The molecule has 3 rings (SSSR count). The normalized spacial score (nSPS) is 16.7. The number of carbonyl (C=O) groups excluding carboxylic acids is 2. The van der Waals surface area contributed by atoms with Gasteiger partial charge in [0.25, 0.3) is 0 Å². The minimum absolute atomic E-state index is 0.0201. The van der Waals surface area contributed by atoms with Crippen LogP contribution in [-0.4, -0.2) is 11.8 Å². The first kappa shape index (κ1) is 13.5. The molecular formula is C17H13FO3. The molecule has 21 heavy (non-hydrogen) atoms. The monoisotopic (exact) mass is 284 g/mol. The predicted octanol–water partition coefficient (Wildman–Crippen LogP) is 3.47. The Morgan fingerprint density at radius 1 is 1.24 bits per heavy atom. The molecule has 1 aliphatic carbocycles. The maximum atomic E-state index is 13.4. The number of ether oxygens (including phenoxy) is 1. The number of ketones is 1. The minimum atomic E-state index is -0.429. The Bertz CT molecular complexity index is 737. The number of halogens is 1. The van der Waals surface area contributed by atoms with Gasteiger partial charge in [-0.2, -0.15) is 0 Å². The van der Waals surface area contributed by atoms with Crippen molar-refractivity contribution in [3.8, 4) is 5.75 Å². The molecule has 1 unspecified atom stereocenters. The largest absolute Gasteiger partial charge is 0.427 e. The Balaban J connectivity index is 2.00. The van der Waals surface area contributed by atoms with Crippen LogP contribution in [0.15, 0.2) is 42.5 Å². The second-order valence-electron chi connectivity index (χ2n) is 5.08. The number of esters is 1. The predicted molar refractivity (Wildman–Crippen MR) is 74.9 cm³/mol. The zero-order valence-electron chi connectivity index (χ0n) is 11.4. The van der Waals surface area contributed by atoms with E-state index in [9.17, 15) is 14.0 Å². The van der Waals surface area contributed by atoms with E-state index in [1.165, 1.54) is 19.1 Å². The average molecular weight is 284 g/mol.